The summed E-state index contributed by atoms with van der Waals surface area (Å²) >= 11 is 0. The van der Waals surface area contributed by atoms with Gasteiger partial charge in [-0.3, -0.25) is 4.79 Å². The minimum Gasteiger partial charge on any atom is -0.342 e. The highest BCUT2D eigenvalue weighted by atomic mass is 16.2. The molecule has 0 aromatic carbocycles. The first-order chi connectivity index (χ1) is 8.70. The summed E-state index contributed by atoms with van der Waals surface area (Å²) in [4.78, 5) is 14.5. The molecule has 0 aromatic rings. The van der Waals surface area contributed by atoms with Crippen molar-refractivity contribution in [1.29, 1.82) is 0 Å². The molecule has 2 fully saturated rings. The van der Waals surface area contributed by atoms with Crippen LogP contribution in [0.4, 0.5) is 0 Å². The van der Waals surface area contributed by atoms with Crippen LogP contribution in [0.3, 0.4) is 0 Å². The first kappa shape index (κ1) is 13.9. The van der Waals surface area contributed by atoms with Crippen molar-refractivity contribution in [2.24, 2.45) is 17.8 Å². The van der Waals surface area contributed by atoms with Crippen molar-refractivity contribution in [3.63, 3.8) is 0 Å². The highest BCUT2D eigenvalue weighted by molar-refractivity contribution is 5.79. The number of amides is 1. The Morgan fingerprint density at radius 2 is 1.94 bits per heavy atom. The molecule has 0 bridgehead atoms. The zero-order valence-corrected chi connectivity index (χ0v) is 12.2. The fraction of sp³-hybridized carbons (Fsp3) is 0.938. The van der Waals surface area contributed by atoms with Gasteiger partial charge in [-0.1, -0.05) is 33.1 Å². The summed E-state index contributed by atoms with van der Waals surface area (Å²) in [6.07, 6.45) is 9.98. The Morgan fingerprint density at radius 1 is 1.22 bits per heavy atom. The normalized spacial score (nSPS) is 30.4. The van der Waals surface area contributed by atoms with Crippen molar-refractivity contribution in [3.8, 4) is 0 Å². The monoisotopic (exact) mass is 251 g/mol. The number of carbonyl (C=O) groups is 1. The van der Waals surface area contributed by atoms with Crippen LogP contribution in [0.1, 0.15) is 65.2 Å². The molecule has 1 saturated carbocycles. The molecular weight excluding hydrogens is 222 g/mol. The van der Waals surface area contributed by atoms with Crippen molar-refractivity contribution < 1.29 is 4.79 Å². The minimum atomic E-state index is 0.353. The van der Waals surface area contributed by atoms with Crippen LogP contribution in [-0.2, 0) is 4.79 Å². The summed E-state index contributed by atoms with van der Waals surface area (Å²) in [5.41, 5.74) is 0. The lowest BCUT2D eigenvalue weighted by molar-refractivity contribution is -0.136. The maximum absolute atomic E-state index is 12.4. The molecule has 2 rings (SSSR count). The molecular formula is C16H29NO. The molecule has 1 heterocycles. The minimum absolute atomic E-state index is 0.353. The number of rotatable bonds is 4. The Hall–Kier alpha value is -0.530. The molecule has 18 heavy (non-hydrogen) atoms. The zero-order chi connectivity index (χ0) is 13.0. The van der Waals surface area contributed by atoms with Gasteiger partial charge in [0.1, 0.15) is 0 Å². The van der Waals surface area contributed by atoms with E-state index in [1.165, 1.54) is 44.9 Å². The summed E-state index contributed by atoms with van der Waals surface area (Å²) in [5.74, 6) is 2.47. The number of hydrogen-bond donors (Lipinski definition) is 0. The molecule has 2 nitrogen and oxygen atoms in total. The predicted octanol–water partition coefficient (Wildman–Crippen LogP) is 3.85. The van der Waals surface area contributed by atoms with E-state index in [2.05, 4.69) is 18.7 Å². The second-order valence-electron chi connectivity index (χ2n) is 6.51. The third-order valence-electron chi connectivity index (χ3n) is 4.98. The van der Waals surface area contributed by atoms with E-state index in [-0.39, 0.29) is 0 Å². The predicted molar refractivity (Wildman–Crippen MR) is 75.3 cm³/mol. The fourth-order valence-corrected chi connectivity index (χ4v) is 3.66. The lowest BCUT2D eigenvalue weighted by Gasteiger charge is -2.32. The van der Waals surface area contributed by atoms with E-state index in [4.69, 9.17) is 0 Å². The summed E-state index contributed by atoms with van der Waals surface area (Å²) in [5, 5.41) is 0. The Kier molecular flexibility index (Phi) is 5.08. The topological polar surface area (TPSA) is 20.3 Å². The van der Waals surface area contributed by atoms with Crippen LogP contribution >= 0.6 is 0 Å². The van der Waals surface area contributed by atoms with Gasteiger partial charge in [-0.2, -0.15) is 0 Å². The van der Waals surface area contributed by atoms with E-state index >= 15 is 0 Å². The molecule has 104 valence electrons. The number of likely N-dealkylation sites (tertiary alicyclic amines) is 1. The highest BCUT2D eigenvalue weighted by Crippen LogP contribution is 2.35. The van der Waals surface area contributed by atoms with Crippen LogP contribution < -0.4 is 0 Å². The summed E-state index contributed by atoms with van der Waals surface area (Å²) in [6.45, 7) is 6.67. The van der Waals surface area contributed by atoms with Gasteiger partial charge in [-0.15, -0.1) is 0 Å². The first-order valence-electron chi connectivity index (χ1n) is 7.99. The first-order valence-corrected chi connectivity index (χ1v) is 7.99. The third kappa shape index (κ3) is 3.49. The van der Waals surface area contributed by atoms with Crippen molar-refractivity contribution in [3.05, 3.63) is 0 Å². The van der Waals surface area contributed by atoms with Crippen molar-refractivity contribution >= 4 is 5.91 Å². The molecule has 1 amide bonds. The van der Waals surface area contributed by atoms with Gasteiger partial charge in [0.05, 0.1) is 0 Å². The molecule has 1 saturated heterocycles. The van der Waals surface area contributed by atoms with Gasteiger partial charge in [-0.05, 0) is 43.9 Å². The van der Waals surface area contributed by atoms with E-state index in [1.54, 1.807) is 0 Å². The highest BCUT2D eigenvalue weighted by Gasteiger charge is 2.31. The second-order valence-corrected chi connectivity index (χ2v) is 6.51. The number of nitrogens with zero attached hydrogens (tertiary/aromatic N) is 1. The Morgan fingerprint density at radius 3 is 2.61 bits per heavy atom. The molecule has 0 aromatic heterocycles. The van der Waals surface area contributed by atoms with Crippen LogP contribution in [0.25, 0.3) is 0 Å². The maximum Gasteiger partial charge on any atom is 0.225 e. The van der Waals surface area contributed by atoms with Gasteiger partial charge >= 0.3 is 0 Å². The zero-order valence-electron chi connectivity index (χ0n) is 12.2. The van der Waals surface area contributed by atoms with Crippen LogP contribution in [0.5, 0.6) is 0 Å². The number of carbonyl (C=O) groups excluding carboxylic acids is 1. The smallest absolute Gasteiger partial charge is 0.225 e. The van der Waals surface area contributed by atoms with Crippen molar-refractivity contribution in [1.82, 2.24) is 4.90 Å². The van der Waals surface area contributed by atoms with Crippen LogP contribution in [0.15, 0.2) is 0 Å². The largest absolute Gasteiger partial charge is 0.342 e. The molecule has 0 N–H and O–H groups in total. The van der Waals surface area contributed by atoms with Gasteiger partial charge < -0.3 is 4.90 Å². The molecule has 0 radical (unpaired) electrons. The average Bonchev–Trinajstić information content (AvgIpc) is 2.92. The lowest BCUT2D eigenvalue weighted by Crippen LogP contribution is -2.36. The molecule has 2 heteroatoms. The molecule has 1 aliphatic heterocycles. The number of hydrogen-bond acceptors (Lipinski definition) is 1. The Balaban J connectivity index is 1.83. The molecule has 0 spiro atoms. The molecule has 1 unspecified atom stereocenters. The summed E-state index contributed by atoms with van der Waals surface area (Å²) < 4.78 is 0. The van der Waals surface area contributed by atoms with Crippen LogP contribution in [0, 0.1) is 17.8 Å². The Bertz CT molecular complexity index is 270. The van der Waals surface area contributed by atoms with Gasteiger partial charge in [0.15, 0.2) is 0 Å². The van der Waals surface area contributed by atoms with Crippen molar-refractivity contribution in [2.75, 3.05) is 13.1 Å². The molecule has 3 atom stereocenters. The average molecular weight is 251 g/mol. The molecule has 2 aliphatic rings. The lowest BCUT2D eigenvalue weighted by atomic mass is 9.77. The van der Waals surface area contributed by atoms with Crippen LogP contribution in [-0.4, -0.2) is 23.9 Å². The summed E-state index contributed by atoms with van der Waals surface area (Å²) in [7, 11) is 0. The van der Waals surface area contributed by atoms with Gasteiger partial charge in [-0.25, -0.2) is 0 Å². The Labute approximate surface area is 112 Å². The van der Waals surface area contributed by atoms with Crippen LogP contribution in [0.2, 0.25) is 0 Å². The van der Waals surface area contributed by atoms with Gasteiger partial charge in [0, 0.05) is 19.0 Å². The van der Waals surface area contributed by atoms with Gasteiger partial charge in [0.25, 0.3) is 0 Å². The fourth-order valence-electron chi connectivity index (χ4n) is 3.66. The van der Waals surface area contributed by atoms with E-state index in [9.17, 15) is 4.79 Å². The van der Waals surface area contributed by atoms with Gasteiger partial charge in [0.2, 0.25) is 5.91 Å². The van der Waals surface area contributed by atoms with E-state index in [0.29, 0.717) is 11.8 Å². The van der Waals surface area contributed by atoms with E-state index in [0.717, 1.165) is 31.3 Å². The van der Waals surface area contributed by atoms with E-state index in [1.807, 2.05) is 0 Å². The maximum atomic E-state index is 12.4. The summed E-state index contributed by atoms with van der Waals surface area (Å²) in [6, 6.07) is 0. The quantitative estimate of drug-likeness (QED) is 0.743. The third-order valence-corrected chi connectivity index (χ3v) is 4.98. The molecule has 1 aliphatic carbocycles. The van der Waals surface area contributed by atoms with E-state index < -0.39 is 0 Å². The standard InChI is InChI=1S/C16H29NO/c1-3-13(2)11-14-7-6-8-15(12-14)16(18)17-9-4-5-10-17/h13-15H,3-12H2,1-2H3/t13?,14-,15+/m0/s1. The SMILES string of the molecule is CCC(C)C[C@@H]1CCC[C@@H](C(=O)N2CCCC2)C1. The second kappa shape index (κ2) is 6.58. The van der Waals surface area contributed by atoms with Crippen molar-refractivity contribution in [2.45, 2.75) is 65.2 Å².